The van der Waals surface area contributed by atoms with Gasteiger partial charge >= 0.3 is 0 Å². The summed E-state index contributed by atoms with van der Waals surface area (Å²) in [7, 11) is -3.87. The van der Waals surface area contributed by atoms with Crippen molar-refractivity contribution in [3.8, 4) is 0 Å². The monoisotopic (exact) mass is 379 g/mol. The maximum atomic E-state index is 13.3. The number of aliphatic imine (C=N–C) groups is 1. The van der Waals surface area contributed by atoms with Gasteiger partial charge in [-0.05, 0) is 49.2 Å². The first-order valence-corrected chi connectivity index (χ1v) is 10.1. The van der Waals surface area contributed by atoms with E-state index in [2.05, 4.69) is 9.71 Å². The van der Waals surface area contributed by atoms with Crippen LogP contribution in [0, 0.1) is 5.82 Å². The molecule has 0 aliphatic carbocycles. The van der Waals surface area contributed by atoms with Crippen LogP contribution in [0.15, 0.2) is 58.4 Å². The normalized spacial score (nSPS) is 20.8. The van der Waals surface area contributed by atoms with E-state index in [1.54, 1.807) is 18.2 Å². The molecular weight excluding hydrogens is 361 g/mol. The summed E-state index contributed by atoms with van der Waals surface area (Å²) < 4.78 is 40.7. The van der Waals surface area contributed by atoms with E-state index in [-0.39, 0.29) is 4.90 Å². The molecule has 0 radical (unpaired) electrons. The summed E-state index contributed by atoms with van der Waals surface area (Å²) in [6.07, 6.45) is 0.804. The van der Waals surface area contributed by atoms with Crippen molar-refractivity contribution in [3.63, 3.8) is 0 Å². The van der Waals surface area contributed by atoms with Gasteiger partial charge in [-0.15, -0.1) is 0 Å². The summed E-state index contributed by atoms with van der Waals surface area (Å²) in [5.74, 6) is 0.249. The molecule has 2 aromatic rings. The first-order valence-electron chi connectivity index (χ1n) is 7.66. The number of hydrogen-bond acceptors (Lipinski definition) is 5. The third kappa shape index (κ3) is 3.96. The van der Waals surface area contributed by atoms with E-state index in [1.165, 1.54) is 30.0 Å². The van der Waals surface area contributed by atoms with Crippen LogP contribution in [0.25, 0.3) is 0 Å². The number of thioether (sulfide) groups is 1. The first kappa shape index (κ1) is 17.8. The van der Waals surface area contributed by atoms with Gasteiger partial charge in [-0.2, -0.15) is 0 Å². The summed E-state index contributed by atoms with van der Waals surface area (Å²) in [6.45, 7) is 1.97. The average molecular weight is 379 g/mol. The second kappa shape index (κ2) is 6.68. The molecule has 2 aromatic carbocycles. The van der Waals surface area contributed by atoms with Gasteiger partial charge in [0.2, 0.25) is 0 Å². The standard InChI is InChI=1S/C17H18FN3O2S2/c1-17(8-9-24-16(19)20-17)12-4-2-6-14(10-12)21-25(22,23)15-7-3-5-13(18)11-15/h2-7,10-11,21H,8-9H2,1H3,(H2,19,20). The number of benzene rings is 2. The highest BCUT2D eigenvalue weighted by atomic mass is 32.2. The van der Waals surface area contributed by atoms with Crippen molar-refractivity contribution >= 4 is 32.6 Å². The molecule has 1 unspecified atom stereocenters. The van der Waals surface area contributed by atoms with Gasteiger partial charge in [0, 0.05) is 11.4 Å². The Morgan fingerprint density at radius 2 is 2.00 bits per heavy atom. The topological polar surface area (TPSA) is 84.5 Å². The van der Waals surface area contributed by atoms with Crippen LogP contribution in [0.5, 0.6) is 0 Å². The highest BCUT2D eigenvalue weighted by Crippen LogP contribution is 2.36. The van der Waals surface area contributed by atoms with E-state index in [0.29, 0.717) is 10.9 Å². The van der Waals surface area contributed by atoms with Crippen molar-refractivity contribution in [1.82, 2.24) is 0 Å². The Labute approximate surface area is 150 Å². The molecule has 0 saturated heterocycles. The number of nitrogens with zero attached hydrogens (tertiary/aromatic N) is 1. The van der Waals surface area contributed by atoms with Gasteiger partial charge in [0.25, 0.3) is 10.0 Å². The number of nitrogens with one attached hydrogen (secondary N) is 1. The van der Waals surface area contributed by atoms with Crippen molar-refractivity contribution in [2.24, 2.45) is 10.7 Å². The molecule has 0 aromatic heterocycles. The Hall–Kier alpha value is -2.06. The zero-order chi connectivity index (χ0) is 18.1. The summed E-state index contributed by atoms with van der Waals surface area (Å²) in [5, 5.41) is 0.527. The Bertz CT molecular complexity index is 931. The molecule has 8 heteroatoms. The van der Waals surface area contributed by atoms with Gasteiger partial charge in [0.1, 0.15) is 5.82 Å². The van der Waals surface area contributed by atoms with E-state index < -0.39 is 21.4 Å². The summed E-state index contributed by atoms with van der Waals surface area (Å²) >= 11 is 1.51. The molecule has 0 saturated carbocycles. The van der Waals surface area contributed by atoms with Gasteiger partial charge in [0.05, 0.1) is 10.4 Å². The van der Waals surface area contributed by atoms with E-state index in [9.17, 15) is 12.8 Å². The number of halogens is 1. The molecule has 1 heterocycles. The van der Waals surface area contributed by atoms with E-state index in [1.807, 2.05) is 13.0 Å². The van der Waals surface area contributed by atoms with Crippen LogP contribution in [0.2, 0.25) is 0 Å². The fraction of sp³-hybridized carbons (Fsp3) is 0.235. The minimum Gasteiger partial charge on any atom is -0.379 e. The lowest BCUT2D eigenvalue weighted by atomic mass is 9.89. The number of anilines is 1. The third-order valence-corrected chi connectivity index (χ3v) is 6.21. The van der Waals surface area contributed by atoms with Gasteiger partial charge < -0.3 is 5.73 Å². The van der Waals surface area contributed by atoms with Crippen LogP contribution in [0.1, 0.15) is 18.9 Å². The number of rotatable bonds is 4. The van der Waals surface area contributed by atoms with Crippen molar-refractivity contribution in [1.29, 1.82) is 0 Å². The molecule has 0 spiro atoms. The van der Waals surface area contributed by atoms with E-state index in [4.69, 9.17) is 5.73 Å². The molecule has 3 rings (SSSR count). The smallest absolute Gasteiger partial charge is 0.261 e. The third-order valence-electron chi connectivity index (χ3n) is 4.04. The minimum atomic E-state index is -3.87. The summed E-state index contributed by atoms with van der Waals surface area (Å²) in [4.78, 5) is 4.40. The lowest BCUT2D eigenvalue weighted by Crippen LogP contribution is -2.28. The van der Waals surface area contributed by atoms with Crippen LogP contribution >= 0.6 is 11.8 Å². The van der Waals surface area contributed by atoms with Crippen LogP contribution < -0.4 is 10.5 Å². The number of amidine groups is 1. The van der Waals surface area contributed by atoms with Crippen molar-refractivity contribution in [3.05, 3.63) is 59.9 Å². The molecule has 0 amide bonds. The fourth-order valence-corrected chi connectivity index (χ4v) is 4.72. The Kier molecular flexibility index (Phi) is 4.75. The molecule has 132 valence electrons. The molecule has 1 aliphatic heterocycles. The van der Waals surface area contributed by atoms with Gasteiger partial charge in [-0.1, -0.05) is 30.0 Å². The Morgan fingerprint density at radius 1 is 1.24 bits per heavy atom. The van der Waals surface area contributed by atoms with Gasteiger partial charge in [-0.3, -0.25) is 9.71 Å². The van der Waals surface area contributed by atoms with Crippen molar-refractivity contribution < 1.29 is 12.8 Å². The fourth-order valence-electron chi connectivity index (χ4n) is 2.66. The van der Waals surface area contributed by atoms with Crippen molar-refractivity contribution in [2.45, 2.75) is 23.8 Å². The number of hydrogen-bond donors (Lipinski definition) is 2. The van der Waals surface area contributed by atoms with Crippen LogP contribution in [-0.2, 0) is 15.6 Å². The largest absolute Gasteiger partial charge is 0.379 e. The molecule has 0 fully saturated rings. The molecule has 1 atom stereocenters. The van der Waals surface area contributed by atoms with Crippen LogP contribution in [0.4, 0.5) is 10.1 Å². The first-order chi connectivity index (χ1) is 11.8. The Morgan fingerprint density at radius 3 is 2.72 bits per heavy atom. The average Bonchev–Trinajstić information content (AvgIpc) is 2.54. The molecule has 1 aliphatic rings. The molecule has 5 nitrogen and oxygen atoms in total. The second-order valence-corrected chi connectivity index (χ2v) is 8.76. The zero-order valence-electron chi connectivity index (χ0n) is 13.6. The minimum absolute atomic E-state index is 0.125. The Balaban J connectivity index is 1.91. The SMILES string of the molecule is CC1(c2cccc(NS(=O)(=O)c3cccc(F)c3)c2)CCSC(N)=N1. The maximum absolute atomic E-state index is 13.3. The lowest BCUT2D eigenvalue weighted by Gasteiger charge is -2.30. The molecule has 3 N–H and O–H groups in total. The second-order valence-electron chi connectivity index (χ2n) is 5.97. The predicted molar refractivity (Wildman–Crippen MR) is 99.7 cm³/mol. The van der Waals surface area contributed by atoms with Gasteiger partial charge in [0.15, 0.2) is 5.17 Å². The molecule has 0 bridgehead atoms. The van der Waals surface area contributed by atoms with E-state index in [0.717, 1.165) is 23.8 Å². The maximum Gasteiger partial charge on any atom is 0.261 e. The van der Waals surface area contributed by atoms with Crippen molar-refractivity contribution in [2.75, 3.05) is 10.5 Å². The quantitative estimate of drug-likeness (QED) is 0.854. The van der Waals surface area contributed by atoms with E-state index >= 15 is 0 Å². The molecular formula is C17H18FN3O2S2. The van der Waals surface area contributed by atoms with Gasteiger partial charge in [-0.25, -0.2) is 12.8 Å². The lowest BCUT2D eigenvalue weighted by molar-refractivity contribution is 0.482. The zero-order valence-corrected chi connectivity index (χ0v) is 15.2. The van der Waals surface area contributed by atoms with Crippen LogP contribution in [0.3, 0.4) is 0 Å². The van der Waals surface area contributed by atoms with Crippen LogP contribution in [-0.4, -0.2) is 19.3 Å². The number of nitrogens with two attached hydrogens (primary N) is 1. The predicted octanol–water partition coefficient (Wildman–Crippen LogP) is 3.29. The summed E-state index contributed by atoms with van der Waals surface area (Å²) in [5.41, 5.74) is 6.62. The number of sulfonamides is 1. The highest BCUT2D eigenvalue weighted by molar-refractivity contribution is 8.13. The molecule has 25 heavy (non-hydrogen) atoms. The highest BCUT2D eigenvalue weighted by Gasteiger charge is 2.29. The summed E-state index contributed by atoms with van der Waals surface area (Å²) in [6, 6.07) is 11.9.